The van der Waals surface area contributed by atoms with Crippen molar-refractivity contribution in [3.63, 3.8) is 0 Å². The summed E-state index contributed by atoms with van der Waals surface area (Å²) < 4.78 is 14.0. The van der Waals surface area contributed by atoms with Crippen LogP contribution in [-0.2, 0) is 13.2 Å². The van der Waals surface area contributed by atoms with Crippen molar-refractivity contribution in [3.8, 4) is 11.5 Å². The molecule has 2 aromatic carbocycles. The smallest absolute Gasteiger partial charge is 0.214 e. The number of H-pyrrole nitrogens is 1. The van der Waals surface area contributed by atoms with E-state index in [0.717, 1.165) is 17.0 Å². The van der Waals surface area contributed by atoms with Gasteiger partial charge in [0.1, 0.15) is 12.4 Å². The van der Waals surface area contributed by atoms with Gasteiger partial charge in [-0.05, 0) is 56.2 Å². The molecule has 0 saturated carbocycles. The number of nitrogens with zero attached hydrogens (tertiary/aromatic N) is 2. The van der Waals surface area contributed by atoms with Gasteiger partial charge in [0.25, 0.3) is 0 Å². The zero-order valence-corrected chi connectivity index (χ0v) is 17.7. The Labute approximate surface area is 174 Å². The number of hydrogen-bond acceptors (Lipinski definition) is 5. The van der Waals surface area contributed by atoms with Gasteiger partial charge in [-0.3, -0.25) is 5.10 Å². The Morgan fingerprint density at radius 2 is 1.89 bits per heavy atom. The van der Waals surface area contributed by atoms with Gasteiger partial charge < -0.3 is 14.9 Å². The first-order valence-electron chi connectivity index (χ1n) is 8.99. The second kappa shape index (κ2) is 9.12. The Morgan fingerprint density at radius 3 is 2.54 bits per heavy atom. The third-order valence-electron chi connectivity index (χ3n) is 4.15. The van der Waals surface area contributed by atoms with Crippen molar-refractivity contribution in [3.05, 3.63) is 68.7 Å². The van der Waals surface area contributed by atoms with E-state index in [1.165, 1.54) is 5.56 Å². The number of aromatic amines is 1. The first-order chi connectivity index (χ1) is 13.5. The molecule has 1 heterocycles. The number of nitrogens with one attached hydrogen (secondary N) is 2. The number of benzene rings is 2. The van der Waals surface area contributed by atoms with E-state index in [2.05, 4.69) is 34.7 Å². The second-order valence-electron chi connectivity index (χ2n) is 6.36. The third kappa shape index (κ3) is 4.85. The van der Waals surface area contributed by atoms with Crippen LogP contribution in [0, 0.1) is 18.6 Å². The van der Waals surface area contributed by atoms with E-state index in [9.17, 15) is 0 Å². The topological polar surface area (TPSA) is 64.1 Å². The van der Waals surface area contributed by atoms with Gasteiger partial charge in [-0.15, -0.1) is 0 Å². The Morgan fingerprint density at radius 1 is 1.14 bits per heavy atom. The summed E-state index contributed by atoms with van der Waals surface area (Å²) in [6, 6.07) is 12.0. The van der Waals surface area contributed by atoms with Gasteiger partial charge >= 0.3 is 0 Å². The molecule has 0 saturated heterocycles. The van der Waals surface area contributed by atoms with Crippen molar-refractivity contribution in [1.29, 1.82) is 0 Å². The Bertz CT molecular complexity index is 998. The minimum Gasteiger partial charge on any atom is -0.490 e. The first kappa shape index (κ1) is 20.2. The van der Waals surface area contributed by atoms with Crippen molar-refractivity contribution in [2.24, 2.45) is 0 Å². The van der Waals surface area contributed by atoms with E-state index < -0.39 is 0 Å². The predicted molar refractivity (Wildman–Crippen MR) is 113 cm³/mol. The molecule has 8 heteroatoms. The van der Waals surface area contributed by atoms with E-state index in [0.29, 0.717) is 41.1 Å². The molecular weight excluding hydrogens is 396 g/mol. The predicted octanol–water partition coefficient (Wildman–Crippen LogP) is 4.93. The highest BCUT2D eigenvalue weighted by molar-refractivity contribution is 7.71. The summed E-state index contributed by atoms with van der Waals surface area (Å²) in [5.41, 5.74) is 6.44. The fourth-order valence-corrected chi connectivity index (χ4v) is 3.23. The van der Waals surface area contributed by atoms with Crippen molar-refractivity contribution < 1.29 is 9.47 Å². The van der Waals surface area contributed by atoms with Crippen molar-refractivity contribution >= 4 is 23.8 Å². The van der Waals surface area contributed by atoms with Crippen LogP contribution >= 0.6 is 23.8 Å². The molecule has 0 unspecified atom stereocenters. The van der Waals surface area contributed by atoms with Gasteiger partial charge in [0, 0.05) is 0 Å². The van der Waals surface area contributed by atoms with Gasteiger partial charge in [0.2, 0.25) is 4.77 Å². The minimum absolute atomic E-state index is 0.418. The first-order valence-corrected chi connectivity index (χ1v) is 9.78. The van der Waals surface area contributed by atoms with Gasteiger partial charge in [-0.2, -0.15) is 5.10 Å². The quantitative estimate of drug-likeness (QED) is 0.507. The average Bonchev–Trinajstić information content (AvgIpc) is 2.99. The number of aryl methyl sites for hydroxylation is 2. The monoisotopic (exact) mass is 418 g/mol. The lowest BCUT2D eigenvalue weighted by Gasteiger charge is -2.16. The zero-order valence-electron chi connectivity index (χ0n) is 16.1. The normalized spacial score (nSPS) is 10.7. The maximum absolute atomic E-state index is 6.51. The molecule has 0 radical (unpaired) electrons. The van der Waals surface area contributed by atoms with E-state index in [4.69, 9.17) is 33.3 Å². The molecule has 6 nitrogen and oxygen atoms in total. The molecule has 0 bridgehead atoms. The molecule has 0 aliphatic carbocycles. The van der Waals surface area contributed by atoms with Crippen LogP contribution in [0.1, 0.15) is 29.4 Å². The fraction of sp³-hybridized carbons (Fsp3) is 0.300. The molecule has 3 aromatic rings. The molecule has 0 aliphatic rings. The molecule has 0 aliphatic heterocycles. The van der Waals surface area contributed by atoms with Crippen LogP contribution in [0.15, 0.2) is 36.4 Å². The molecule has 3 rings (SSSR count). The number of halogens is 1. The number of aromatic nitrogens is 3. The van der Waals surface area contributed by atoms with E-state index >= 15 is 0 Å². The second-order valence-corrected chi connectivity index (χ2v) is 7.15. The van der Waals surface area contributed by atoms with Gasteiger partial charge in [-0.1, -0.05) is 41.4 Å². The van der Waals surface area contributed by atoms with Crippen molar-refractivity contribution in [2.75, 3.05) is 12.0 Å². The third-order valence-corrected chi connectivity index (χ3v) is 4.71. The molecule has 0 spiro atoms. The molecule has 1 aromatic heterocycles. The number of rotatable bonds is 8. The Hall–Kier alpha value is -2.51. The van der Waals surface area contributed by atoms with Crippen LogP contribution < -0.4 is 14.9 Å². The maximum atomic E-state index is 6.51. The SMILES string of the molecule is CCOc1cc(CNn2c(C)n[nH]c2=S)cc(Cl)c1OCc1ccc(C)cc1. The van der Waals surface area contributed by atoms with Gasteiger partial charge in [0.15, 0.2) is 11.5 Å². The van der Waals surface area contributed by atoms with Crippen molar-refractivity contribution in [1.82, 2.24) is 14.9 Å². The molecular formula is C20H23ClN4O2S. The lowest BCUT2D eigenvalue weighted by Crippen LogP contribution is -2.16. The zero-order chi connectivity index (χ0) is 20.1. The van der Waals surface area contributed by atoms with E-state index in [1.54, 1.807) is 4.68 Å². The molecule has 0 fully saturated rings. The highest BCUT2D eigenvalue weighted by Gasteiger charge is 2.13. The van der Waals surface area contributed by atoms with Crippen LogP contribution in [0.2, 0.25) is 5.02 Å². The summed E-state index contributed by atoms with van der Waals surface area (Å²) in [7, 11) is 0. The number of hydrogen-bond donors (Lipinski definition) is 2. The van der Waals surface area contributed by atoms with E-state index in [-0.39, 0.29) is 0 Å². The minimum atomic E-state index is 0.418. The standard InChI is InChI=1S/C20H23ClN4O2S/c1-4-26-18-10-16(11-22-25-14(3)23-24-20(25)28)9-17(21)19(18)27-12-15-7-5-13(2)6-8-15/h5-10,22H,4,11-12H2,1-3H3,(H,24,28). The lowest BCUT2D eigenvalue weighted by molar-refractivity contribution is 0.269. The average molecular weight is 419 g/mol. The maximum Gasteiger partial charge on any atom is 0.214 e. The van der Waals surface area contributed by atoms with Crippen molar-refractivity contribution in [2.45, 2.75) is 33.9 Å². The highest BCUT2D eigenvalue weighted by atomic mass is 35.5. The fourth-order valence-electron chi connectivity index (χ4n) is 2.70. The van der Waals surface area contributed by atoms with Gasteiger partial charge in [-0.25, -0.2) is 4.68 Å². The van der Waals surface area contributed by atoms with Crippen LogP contribution in [0.3, 0.4) is 0 Å². The Balaban J connectivity index is 1.77. The Kier molecular flexibility index (Phi) is 6.59. The molecule has 0 amide bonds. The summed E-state index contributed by atoms with van der Waals surface area (Å²) in [5.74, 6) is 1.91. The number of ether oxygens (including phenoxy) is 2. The highest BCUT2D eigenvalue weighted by Crippen LogP contribution is 2.37. The summed E-state index contributed by atoms with van der Waals surface area (Å²) in [5, 5.41) is 7.32. The molecule has 2 N–H and O–H groups in total. The summed E-state index contributed by atoms with van der Waals surface area (Å²) in [6.07, 6.45) is 0. The molecule has 0 atom stereocenters. The largest absolute Gasteiger partial charge is 0.490 e. The summed E-state index contributed by atoms with van der Waals surface area (Å²) in [6.45, 7) is 7.28. The molecule has 28 heavy (non-hydrogen) atoms. The van der Waals surface area contributed by atoms with Crippen LogP contribution in [0.5, 0.6) is 11.5 Å². The van der Waals surface area contributed by atoms with Crippen LogP contribution in [0.25, 0.3) is 0 Å². The van der Waals surface area contributed by atoms with Crippen LogP contribution in [0.4, 0.5) is 0 Å². The lowest BCUT2D eigenvalue weighted by atomic mass is 10.1. The molecule has 148 valence electrons. The summed E-state index contributed by atoms with van der Waals surface area (Å²) >= 11 is 11.7. The van der Waals surface area contributed by atoms with Gasteiger partial charge in [0.05, 0.1) is 18.2 Å². The summed E-state index contributed by atoms with van der Waals surface area (Å²) in [4.78, 5) is 0. The van der Waals surface area contributed by atoms with Crippen LogP contribution in [-0.4, -0.2) is 21.5 Å². The van der Waals surface area contributed by atoms with E-state index in [1.807, 2.05) is 38.1 Å².